The first-order valence-electron chi connectivity index (χ1n) is 11.1. The van der Waals surface area contributed by atoms with Gasteiger partial charge in [0.25, 0.3) is 0 Å². The average molecular weight is 481 g/mol. The number of piperidine rings is 1. The Balaban J connectivity index is 1.64. The largest absolute Gasteiger partial charge is 0.493 e. The molecule has 1 aliphatic heterocycles. The number of nitrogens with one attached hydrogen (secondary N) is 1. The van der Waals surface area contributed by atoms with Crippen LogP contribution in [-0.4, -0.2) is 36.0 Å². The summed E-state index contributed by atoms with van der Waals surface area (Å²) in [4.78, 5) is 23.0. The number of ketones is 1. The number of methoxy groups -OCH3 is 1. The number of hydrogen-bond donors (Lipinski definition) is 1. The number of halogens is 2. The normalized spacial score (nSPS) is 13.4. The predicted octanol–water partition coefficient (Wildman–Crippen LogP) is 5.98. The van der Waals surface area contributed by atoms with Crippen LogP contribution < -0.4 is 15.0 Å². The minimum atomic E-state index is -0.461. The van der Waals surface area contributed by atoms with Crippen molar-refractivity contribution in [3.8, 4) is 17.0 Å². The Morgan fingerprint density at radius 1 is 1.24 bits per heavy atom. The van der Waals surface area contributed by atoms with Crippen molar-refractivity contribution in [3.63, 3.8) is 0 Å². The summed E-state index contributed by atoms with van der Waals surface area (Å²) in [5, 5.41) is 3.94. The third kappa shape index (κ3) is 5.37. The first-order chi connectivity index (χ1) is 16.5. The van der Waals surface area contributed by atoms with Crippen LogP contribution in [0.1, 0.15) is 24.8 Å². The fraction of sp³-hybridized carbons (Fsp3) is 0.269. The Kier molecular flexibility index (Phi) is 7.43. The van der Waals surface area contributed by atoms with Gasteiger partial charge in [0.1, 0.15) is 11.5 Å². The van der Waals surface area contributed by atoms with Crippen LogP contribution in [0.5, 0.6) is 5.75 Å². The maximum Gasteiger partial charge on any atom is 0.227 e. The van der Waals surface area contributed by atoms with Gasteiger partial charge in [-0.25, -0.2) is 14.4 Å². The van der Waals surface area contributed by atoms with Gasteiger partial charge in [-0.2, -0.15) is 0 Å². The molecule has 1 saturated heterocycles. The van der Waals surface area contributed by atoms with E-state index in [-0.39, 0.29) is 17.8 Å². The zero-order valence-corrected chi connectivity index (χ0v) is 19.7. The molecule has 0 unspecified atom stereocenters. The lowest BCUT2D eigenvalue weighted by Gasteiger charge is -2.30. The number of benzene rings is 2. The van der Waals surface area contributed by atoms with Crippen molar-refractivity contribution < 1.29 is 13.9 Å². The molecule has 1 N–H and O–H groups in total. The lowest BCUT2D eigenvalue weighted by molar-refractivity contribution is -0.114. The van der Waals surface area contributed by atoms with Gasteiger partial charge in [0.05, 0.1) is 24.0 Å². The summed E-state index contributed by atoms with van der Waals surface area (Å²) in [6.07, 6.45) is 6.20. The second-order valence-corrected chi connectivity index (χ2v) is 8.51. The fourth-order valence-corrected chi connectivity index (χ4v) is 4.24. The Hall–Kier alpha value is -3.45. The van der Waals surface area contributed by atoms with Crippen molar-refractivity contribution in [2.24, 2.45) is 0 Å². The van der Waals surface area contributed by atoms with Crippen LogP contribution in [0.25, 0.3) is 11.3 Å². The summed E-state index contributed by atoms with van der Waals surface area (Å²) < 4.78 is 19.7. The number of ether oxygens (including phenoxy) is 1. The molecule has 0 atom stereocenters. The molecule has 4 rings (SSSR count). The van der Waals surface area contributed by atoms with E-state index in [0.29, 0.717) is 28.0 Å². The summed E-state index contributed by atoms with van der Waals surface area (Å²) in [6, 6.07) is 10.3. The van der Waals surface area contributed by atoms with E-state index in [4.69, 9.17) is 16.3 Å². The highest BCUT2D eigenvalue weighted by Gasteiger charge is 2.17. The molecule has 176 valence electrons. The quantitative estimate of drug-likeness (QED) is 0.400. The van der Waals surface area contributed by atoms with E-state index in [0.717, 1.165) is 37.3 Å². The molecule has 1 aliphatic rings. The smallest absolute Gasteiger partial charge is 0.227 e. The zero-order chi connectivity index (χ0) is 24.1. The minimum absolute atomic E-state index is 0.0776. The lowest BCUT2D eigenvalue weighted by Crippen LogP contribution is -2.29. The lowest BCUT2D eigenvalue weighted by atomic mass is 10.0. The van der Waals surface area contributed by atoms with Gasteiger partial charge >= 0.3 is 0 Å². The molecule has 3 aromatic rings. The Labute approximate surface area is 203 Å². The van der Waals surface area contributed by atoms with Gasteiger partial charge in [0.15, 0.2) is 11.5 Å². The van der Waals surface area contributed by atoms with Gasteiger partial charge in [-0.05, 0) is 67.3 Å². The number of carbonyl (C=O) groups excluding carboxylic acids is 1. The molecule has 1 aromatic heterocycles. The van der Waals surface area contributed by atoms with E-state index in [1.807, 2.05) is 18.2 Å². The van der Waals surface area contributed by atoms with Gasteiger partial charge in [0, 0.05) is 30.8 Å². The van der Waals surface area contributed by atoms with Crippen LogP contribution in [0.4, 0.5) is 21.7 Å². The van der Waals surface area contributed by atoms with Crippen LogP contribution in [0.3, 0.4) is 0 Å². The van der Waals surface area contributed by atoms with Crippen molar-refractivity contribution in [2.75, 3.05) is 30.4 Å². The molecule has 1 fully saturated rings. The van der Waals surface area contributed by atoms with Gasteiger partial charge in [-0.3, -0.25) is 4.79 Å². The second kappa shape index (κ2) is 10.7. The maximum atomic E-state index is 14.3. The van der Waals surface area contributed by atoms with Crippen molar-refractivity contribution in [3.05, 3.63) is 71.7 Å². The summed E-state index contributed by atoms with van der Waals surface area (Å²) >= 11 is 6.47. The van der Waals surface area contributed by atoms with E-state index in [2.05, 4.69) is 26.8 Å². The molecule has 0 radical (unpaired) electrons. The van der Waals surface area contributed by atoms with E-state index in [1.54, 1.807) is 18.3 Å². The van der Waals surface area contributed by atoms with Crippen molar-refractivity contribution in [2.45, 2.75) is 25.7 Å². The first-order valence-corrected chi connectivity index (χ1v) is 11.5. The van der Waals surface area contributed by atoms with Crippen LogP contribution in [0.2, 0.25) is 5.02 Å². The number of hydrogen-bond acceptors (Lipinski definition) is 6. The molecule has 0 saturated carbocycles. The third-order valence-electron chi connectivity index (χ3n) is 5.79. The molecule has 0 bridgehead atoms. The van der Waals surface area contributed by atoms with Gasteiger partial charge in [-0.15, -0.1) is 0 Å². The predicted molar refractivity (Wildman–Crippen MR) is 134 cm³/mol. The summed E-state index contributed by atoms with van der Waals surface area (Å²) in [5.74, 6) is 0.0658. The Morgan fingerprint density at radius 3 is 2.76 bits per heavy atom. The zero-order valence-electron chi connectivity index (χ0n) is 19.0. The summed E-state index contributed by atoms with van der Waals surface area (Å²) in [5.41, 5.74) is 3.15. The summed E-state index contributed by atoms with van der Waals surface area (Å²) in [7, 11) is 1.52. The van der Waals surface area contributed by atoms with Crippen LogP contribution >= 0.6 is 11.6 Å². The molecule has 0 amide bonds. The van der Waals surface area contributed by atoms with Crippen molar-refractivity contribution in [1.29, 1.82) is 0 Å². The number of carbonyl (C=O) groups is 1. The number of nitrogens with zero attached hydrogens (tertiary/aromatic N) is 3. The molecular formula is C26H26ClFN4O2. The number of rotatable bonds is 8. The van der Waals surface area contributed by atoms with E-state index >= 15 is 0 Å². The minimum Gasteiger partial charge on any atom is -0.493 e. The topological polar surface area (TPSA) is 67.4 Å². The molecule has 34 heavy (non-hydrogen) atoms. The molecule has 8 heteroatoms. The van der Waals surface area contributed by atoms with Crippen molar-refractivity contribution >= 4 is 34.7 Å². The SMILES string of the molecule is C=CC(=O)Cc1cc(-c2nc(Nc3ccc(Cl)c(N4CCCCC4)c3)ncc2OC)ccc1F. The number of allylic oxidation sites excluding steroid dienone is 1. The second-order valence-electron chi connectivity index (χ2n) is 8.10. The van der Waals surface area contributed by atoms with Crippen LogP contribution in [-0.2, 0) is 11.2 Å². The van der Waals surface area contributed by atoms with Crippen molar-refractivity contribution in [1.82, 2.24) is 9.97 Å². The molecular weight excluding hydrogens is 455 g/mol. The highest BCUT2D eigenvalue weighted by atomic mass is 35.5. The highest BCUT2D eigenvalue weighted by Crippen LogP contribution is 2.33. The van der Waals surface area contributed by atoms with Crippen LogP contribution in [0, 0.1) is 5.82 Å². The van der Waals surface area contributed by atoms with Gasteiger partial charge < -0.3 is 15.0 Å². The van der Waals surface area contributed by atoms with E-state index in [1.165, 1.54) is 25.7 Å². The van der Waals surface area contributed by atoms with Gasteiger partial charge in [0.2, 0.25) is 5.95 Å². The van der Waals surface area contributed by atoms with E-state index < -0.39 is 5.82 Å². The number of anilines is 3. The van der Waals surface area contributed by atoms with E-state index in [9.17, 15) is 9.18 Å². The molecule has 2 aromatic carbocycles. The molecule has 0 spiro atoms. The average Bonchev–Trinajstić information content (AvgIpc) is 2.87. The van der Waals surface area contributed by atoms with Crippen LogP contribution in [0.15, 0.2) is 55.3 Å². The molecule has 0 aliphatic carbocycles. The molecule has 6 nitrogen and oxygen atoms in total. The monoisotopic (exact) mass is 480 g/mol. The molecule has 2 heterocycles. The summed E-state index contributed by atoms with van der Waals surface area (Å²) in [6.45, 7) is 5.41. The Bertz CT molecular complexity index is 1210. The number of aromatic nitrogens is 2. The first kappa shape index (κ1) is 23.7. The Morgan fingerprint density at radius 2 is 2.03 bits per heavy atom. The third-order valence-corrected chi connectivity index (χ3v) is 6.11. The maximum absolute atomic E-state index is 14.3. The standard InChI is InChI=1S/C26H26ClFN4O2/c1-3-20(33)14-18-13-17(7-10-22(18)28)25-24(34-2)16-29-26(31-25)30-19-8-9-21(27)23(15-19)32-11-5-4-6-12-32/h3,7-10,13,15-16H,1,4-6,11-12,14H2,2H3,(H,29,30,31). The van der Waals surface area contributed by atoms with Gasteiger partial charge in [-0.1, -0.05) is 18.2 Å². The highest BCUT2D eigenvalue weighted by molar-refractivity contribution is 6.33. The fourth-order valence-electron chi connectivity index (χ4n) is 4.00.